The van der Waals surface area contributed by atoms with E-state index in [0.717, 1.165) is 28.7 Å². The van der Waals surface area contributed by atoms with E-state index in [-0.39, 0.29) is 45.0 Å². The van der Waals surface area contributed by atoms with Crippen molar-refractivity contribution in [2.24, 2.45) is 5.92 Å². The number of pyridine rings is 1. The maximum atomic E-state index is 12.5. The number of aliphatic hydroxyl groups excluding tert-OH is 2. The third-order valence-electron chi connectivity index (χ3n) is 8.95. The van der Waals surface area contributed by atoms with Crippen molar-refractivity contribution in [2.45, 2.75) is 65.5 Å². The Hall–Kier alpha value is -4.57. The van der Waals surface area contributed by atoms with Gasteiger partial charge in [0.05, 0.1) is 41.5 Å². The molecular weight excluding hydrogens is 731 g/mol. The second kappa shape index (κ2) is 18.7. The van der Waals surface area contributed by atoms with E-state index in [1.807, 2.05) is 64.1 Å². The maximum Gasteiger partial charge on any atom is 0.410 e. The van der Waals surface area contributed by atoms with E-state index in [4.69, 9.17) is 42.1 Å². The van der Waals surface area contributed by atoms with Crippen LogP contribution in [0.4, 0.5) is 4.79 Å². The molecule has 0 saturated carbocycles. The molecule has 1 amide bonds. The Morgan fingerprint density at radius 3 is 2.46 bits per heavy atom. The minimum absolute atomic E-state index is 0.135. The summed E-state index contributed by atoms with van der Waals surface area (Å²) in [5.41, 5.74) is 4.90. The number of ether oxygens (including phenoxy) is 4. The van der Waals surface area contributed by atoms with Crippen LogP contribution in [0.25, 0.3) is 11.1 Å². The number of rotatable bonds is 15. The summed E-state index contributed by atoms with van der Waals surface area (Å²) in [5, 5.41) is 32.3. The normalized spacial score (nSPS) is 14.2. The second-order valence-corrected chi connectivity index (χ2v) is 15.0. The molecule has 0 aliphatic carbocycles. The summed E-state index contributed by atoms with van der Waals surface area (Å²) in [6.07, 6.45) is 3.61. The molecule has 3 N–H and O–H groups in total. The summed E-state index contributed by atoms with van der Waals surface area (Å²) < 4.78 is 24.2. The van der Waals surface area contributed by atoms with E-state index in [1.54, 1.807) is 29.3 Å². The van der Waals surface area contributed by atoms with Crippen molar-refractivity contribution in [1.82, 2.24) is 15.2 Å². The molecule has 2 heterocycles. The van der Waals surface area contributed by atoms with E-state index < -0.39 is 11.6 Å². The highest BCUT2D eigenvalue weighted by molar-refractivity contribution is 6.35. The van der Waals surface area contributed by atoms with Gasteiger partial charge in [0.25, 0.3) is 0 Å². The zero-order chi connectivity index (χ0) is 38.8. The Morgan fingerprint density at radius 2 is 1.72 bits per heavy atom. The number of nitrogens with zero attached hydrogens (tertiary/aromatic N) is 3. The molecule has 0 unspecified atom stereocenters. The molecule has 1 saturated heterocycles. The van der Waals surface area contributed by atoms with Gasteiger partial charge in [0.2, 0.25) is 0 Å². The molecular formula is C41H46Cl2N4O7. The molecule has 3 aromatic carbocycles. The molecule has 13 heteroatoms. The number of halogens is 2. The average Bonchev–Trinajstić information content (AvgIpc) is 3.63. The minimum atomic E-state index is -0.546. The average molecular weight is 778 g/mol. The highest BCUT2D eigenvalue weighted by Gasteiger charge is 2.30. The standard InChI is InChI=1S/C41H46Cl2N4O7/c1-26-30(7-5-8-33(26)34-9-6-10-36(39(34)43)51-23-27-11-12-47(20-27)40(50)54-41(2,3)4)25-53-38-15-37(52-24-29-13-28(16-44)17-45-18-29)31(14-35(38)42)19-46-32(21-48)22-49/h5-10,13-15,17-18,27,32,46,48-49H,11-12,19-25H2,1-4H3/t27-/m0/s1. The van der Waals surface area contributed by atoms with Gasteiger partial charge in [-0.15, -0.1) is 0 Å². The summed E-state index contributed by atoms with van der Waals surface area (Å²) in [6, 6.07) is 18.3. The highest BCUT2D eigenvalue weighted by Crippen LogP contribution is 2.39. The zero-order valence-electron chi connectivity index (χ0n) is 30.9. The number of hydrogen-bond acceptors (Lipinski definition) is 10. The predicted octanol–water partition coefficient (Wildman–Crippen LogP) is 7.47. The second-order valence-electron chi connectivity index (χ2n) is 14.2. The highest BCUT2D eigenvalue weighted by atomic mass is 35.5. The van der Waals surface area contributed by atoms with Crippen LogP contribution in [-0.4, -0.2) is 70.7 Å². The van der Waals surface area contributed by atoms with Crippen LogP contribution in [0.1, 0.15) is 55.0 Å². The van der Waals surface area contributed by atoms with Crippen LogP contribution >= 0.6 is 23.2 Å². The monoisotopic (exact) mass is 776 g/mol. The molecule has 4 aromatic rings. The van der Waals surface area contributed by atoms with Gasteiger partial charge in [-0.3, -0.25) is 4.98 Å². The van der Waals surface area contributed by atoms with Crippen LogP contribution in [0.5, 0.6) is 17.2 Å². The number of nitriles is 1. The van der Waals surface area contributed by atoms with Crippen molar-refractivity contribution < 1.29 is 34.0 Å². The molecule has 1 fully saturated rings. The number of hydrogen-bond donors (Lipinski definition) is 3. The zero-order valence-corrected chi connectivity index (χ0v) is 32.4. The van der Waals surface area contributed by atoms with Crippen LogP contribution < -0.4 is 19.5 Å². The fraction of sp³-hybridized carbons (Fsp3) is 0.390. The smallest absolute Gasteiger partial charge is 0.410 e. The number of likely N-dealkylation sites (tertiary alicyclic amines) is 1. The summed E-state index contributed by atoms with van der Waals surface area (Å²) in [4.78, 5) is 18.4. The summed E-state index contributed by atoms with van der Waals surface area (Å²) in [6.45, 7) is 9.29. The molecule has 0 spiro atoms. The van der Waals surface area contributed by atoms with Crippen molar-refractivity contribution in [3.63, 3.8) is 0 Å². The van der Waals surface area contributed by atoms with Crippen LogP contribution in [0.15, 0.2) is 67.0 Å². The van der Waals surface area contributed by atoms with Gasteiger partial charge in [0, 0.05) is 60.7 Å². The lowest BCUT2D eigenvalue weighted by molar-refractivity contribution is 0.0284. The summed E-state index contributed by atoms with van der Waals surface area (Å²) >= 11 is 13.7. The Bertz CT molecular complexity index is 1960. The van der Waals surface area contributed by atoms with Gasteiger partial charge in [0.1, 0.15) is 42.1 Å². The number of nitrogens with one attached hydrogen (secondary N) is 1. The Morgan fingerprint density at radius 1 is 0.981 bits per heavy atom. The van der Waals surface area contributed by atoms with Gasteiger partial charge >= 0.3 is 6.09 Å². The third-order valence-corrected chi connectivity index (χ3v) is 9.64. The van der Waals surface area contributed by atoms with Crippen molar-refractivity contribution in [1.29, 1.82) is 5.26 Å². The number of benzene rings is 3. The molecule has 0 bridgehead atoms. The third kappa shape index (κ3) is 10.8. The van der Waals surface area contributed by atoms with Gasteiger partial charge < -0.3 is 39.4 Å². The SMILES string of the molecule is Cc1c(COc2cc(OCc3cncc(C#N)c3)c(CNC(CO)CO)cc2Cl)cccc1-c1cccc(OC[C@H]2CCN(C(=O)OC(C)(C)C)C2)c1Cl. The maximum absolute atomic E-state index is 12.5. The lowest BCUT2D eigenvalue weighted by Crippen LogP contribution is -2.35. The van der Waals surface area contributed by atoms with Crippen LogP contribution in [0, 0.1) is 24.2 Å². The molecule has 54 heavy (non-hydrogen) atoms. The number of aromatic nitrogens is 1. The molecule has 1 aliphatic heterocycles. The van der Waals surface area contributed by atoms with E-state index in [1.165, 1.54) is 6.20 Å². The van der Waals surface area contributed by atoms with Gasteiger partial charge in [-0.2, -0.15) is 5.26 Å². The Kier molecular flexibility index (Phi) is 14.0. The molecule has 0 radical (unpaired) electrons. The Balaban J connectivity index is 1.29. The first-order valence-corrected chi connectivity index (χ1v) is 18.5. The van der Waals surface area contributed by atoms with Gasteiger partial charge in [-0.25, -0.2) is 4.79 Å². The molecule has 1 aromatic heterocycles. The quantitative estimate of drug-likeness (QED) is 0.111. The number of amides is 1. The van der Waals surface area contributed by atoms with Gasteiger partial charge in [-0.1, -0.05) is 53.5 Å². The van der Waals surface area contributed by atoms with Crippen molar-refractivity contribution in [2.75, 3.05) is 32.9 Å². The van der Waals surface area contributed by atoms with Crippen LogP contribution in [-0.2, 0) is 24.5 Å². The predicted molar refractivity (Wildman–Crippen MR) is 207 cm³/mol. The van der Waals surface area contributed by atoms with Crippen LogP contribution in [0.3, 0.4) is 0 Å². The summed E-state index contributed by atoms with van der Waals surface area (Å²) in [7, 11) is 0. The van der Waals surface area contributed by atoms with Crippen molar-refractivity contribution in [3.05, 3.63) is 105 Å². The minimum Gasteiger partial charge on any atom is -0.492 e. The first-order valence-electron chi connectivity index (χ1n) is 17.7. The van der Waals surface area contributed by atoms with E-state index in [0.29, 0.717) is 63.7 Å². The number of carbonyl (C=O) groups excluding carboxylic acids is 1. The molecule has 286 valence electrons. The lowest BCUT2D eigenvalue weighted by atomic mass is 9.96. The molecule has 1 aliphatic rings. The summed E-state index contributed by atoms with van der Waals surface area (Å²) in [5.74, 6) is 1.60. The van der Waals surface area contributed by atoms with Crippen molar-refractivity contribution >= 4 is 29.3 Å². The lowest BCUT2D eigenvalue weighted by Gasteiger charge is -2.24. The van der Waals surface area contributed by atoms with E-state index in [2.05, 4.69) is 16.4 Å². The largest absolute Gasteiger partial charge is 0.492 e. The van der Waals surface area contributed by atoms with Crippen molar-refractivity contribution in [3.8, 4) is 34.4 Å². The molecule has 1 atom stereocenters. The van der Waals surface area contributed by atoms with E-state index >= 15 is 0 Å². The first kappa shape index (κ1) is 40.6. The number of carbonyl (C=O) groups is 1. The van der Waals surface area contributed by atoms with E-state index in [9.17, 15) is 20.3 Å². The van der Waals surface area contributed by atoms with Crippen LogP contribution in [0.2, 0.25) is 10.0 Å². The van der Waals surface area contributed by atoms with Gasteiger partial charge in [-0.05, 0) is 69.0 Å². The number of aliphatic hydroxyl groups is 2. The Labute approximate surface area is 326 Å². The van der Waals surface area contributed by atoms with Gasteiger partial charge in [0.15, 0.2) is 0 Å². The first-order chi connectivity index (χ1) is 25.9. The topological polar surface area (TPSA) is 146 Å². The fourth-order valence-corrected chi connectivity index (χ4v) is 6.50. The molecule has 11 nitrogen and oxygen atoms in total. The molecule has 5 rings (SSSR count). The fourth-order valence-electron chi connectivity index (χ4n) is 5.97.